The lowest BCUT2D eigenvalue weighted by Crippen LogP contribution is -2.38. The highest BCUT2D eigenvalue weighted by Crippen LogP contribution is 2.26. The van der Waals surface area contributed by atoms with Crippen molar-refractivity contribution in [3.63, 3.8) is 0 Å². The molecule has 1 atom stereocenters. The van der Waals surface area contributed by atoms with Crippen LogP contribution in [-0.2, 0) is 0 Å². The van der Waals surface area contributed by atoms with Gasteiger partial charge >= 0.3 is 0 Å². The van der Waals surface area contributed by atoms with Crippen molar-refractivity contribution in [1.82, 2.24) is 10.3 Å². The highest BCUT2D eigenvalue weighted by Gasteiger charge is 2.20. The third-order valence-electron chi connectivity index (χ3n) is 3.45. The number of anilines is 1. The fourth-order valence-corrected chi connectivity index (χ4v) is 2.62. The molecule has 0 radical (unpaired) electrons. The molecule has 19 heavy (non-hydrogen) atoms. The summed E-state index contributed by atoms with van der Waals surface area (Å²) in [6.07, 6.45) is 5.51. The van der Waals surface area contributed by atoms with Crippen molar-refractivity contribution >= 4 is 5.82 Å². The van der Waals surface area contributed by atoms with Gasteiger partial charge in [0.2, 0.25) is 0 Å². The Hall–Kier alpha value is -1.29. The van der Waals surface area contributed by atoms with E-state index in [4.69, 9.17) is 4.74 Å². The van der Waals surface area contributed by atoms with E-state index in [2.05, 4.69) is 22.1 Å². The van der Waals surface area contributed by atoms with Crippen LogP contribution >= 0.6 is 0 Å². The van der Waals surface area contributed by atoms with Crippen molar-refractivity contribution in [2.24, 2.45) is 0 Å². The molecule has 1 aliphatic heterocycles. The first kappa shape index (κ1) is 14.1. The highest BCUT2D eigenvalue weighted by molar-refractivity contribution is 5.52. The zero-order chi connectivity index (χ0) is 13.5. The molecule has 1 aliphatic rings. The maximum absolute atomic E-state index is 5.70. The minimum atomic E-state index is 0.586. The highest BCUT2D eigenvalue weighted by atomic mass is 16.5. The standard InChI is InChI=1S/C15H25N3O/c1-3-11-18(12-13-7-5-9-16-13)15-14(19-4-2)8-6-10-17-15/h6,8,10,13,16H,3-5,7,9,11-12H2,1-2H3. The van der Waals surface area contributed by atoms with Crippen LogP contribution in [0.5, 0.6) is 5.75 Å². The zero-order valence-corrected chi connectivity index (χ0v) is 12.1. The van der Waals surface area contributed by atoms with Crippen molar-refractivity contribution in [3.05, 3.63) is 18.3 Å². The van der Waals surface area contributed by atoms with Gasteiger partial charge in [0.1, 0.15) is 0 Å². The lowest BCUT2D eigenvalue weighted by Gasteiger charge is -2.27. The average molecular weight is 263 g/mol. The van der Waals surface area contributed by atoms with Crippen molar-refractivity contribution in [2.45, 2.75) is 39.2 Å². The smallest absolute Gasteiger partial charge is 0.171 e. The number of nitrogens with zero attached hydrogens (tertiary/aromatic N) is 2. The summed E-state index contributed by atoms with van der Waals surface area (Å²) in [5, 5.41) is 3.56. The third kappa shape index (κ3) is 3.83. The van der Waals surface area contributed by atoms with Gasteiger partial charge in [-0.25, -0.2) is 4.98 Å². The normalized spacial score (nSPS) is 18.5. The molecule has 2 rings (SSSR count). The molecule has 0 spiro atoms. The molecule has 0 saturated carbocycles. The largest absolute Gasteiger partial charge is 0.490 e. The predicted octanol–water partition coefficient (Wildman–Crippen LogP) is 2.45. The Morgan fingerprint density at radius 2 is 2.37 bits per heavy atom. The molecule has 1 aromatic heterocycles. The van der Waals surface area contributed by atoms with Gasteiger partial charge in [0.05, 0.1) is 6.61 Å². The van der Waals surface area contributed by atoms with E-state index < -0.39 is 0 Å². The van der Waals surface area contributed by atoms with Crippen LogP contribution in [0.4, 0.5) is 5.82 Å². The van der Waals surface area contributed by atoms with E-state index >= 15 is 0 Å². The summed E-state index contributed by atoms with van der Waals surface area (Å²) in [4.78, 5) is 6.89. The first-order valence-electron chi connectivity index (χ1n) is 7.41. The Morgan fingerprint density at radius 3 is 3.05 bits per heavy atom. The van der Waals surface area contributed by atoms with Gasteiger partial charge in [-0.05, 0) is 44.9 Å². The molecule has 0 bridgehead atoms. The molecular formula is C15H25N3O. The Bertz CT molecular complexity index is 377. The fourth-order valence-electron chi connectivity index (χ4n) is 2.62. The summed E-state index contributed by atoms with van der Waals surface area (Å²) in [6.45, 7) is 8.09. The molecule has 106 valence electrons. The summed E-state index contributed by atoms with van der Waals surface area (Å²) >= 11 is 0. The first-order valence-corrected chi connectivity index (χ1v) is 7.41. The van der Waals surface area contributed by atoms with Crippen LogP contribution in [0.2, 0.25) is 0 Å². The third-order valence-corrected chi connectivity index (χ3v) is 3.45. The number of aromatic nitrogens is 1. The Balaban J connectivity index is 2.12. The first-order chi connectivity index (χ1) is 9.35. The van der Waals surface area contributed by atoms with Crippen LogP contribution in [0.25, 0.3) is 0 Å². The molecule has 4 nitrogen and oxygen atoms in total. The Kier molecular flexibility index (Phi) is 5.45. The second-order valence-corrected chi connectivity index (χ2v) is 5.00. The van der Waals surface area contributed by atoms with Gasteiger partial charge < -0.3 is 15.0 Å². The zero-order valence-electron chi connectivity index (χ0n) is 12.1. The van der Waals surface area contributed by atoms with E-state index in [0.717, 1.165) is 37.6 Å². The molecule has 1 N–H and O–H groups in total. The molecule has 2 heterocycles. The van der Waals surface area contributed by atoms with Gasteiger partial charge in [-0.1, -0.05) is 6.92 Å². The van der Waals surface area contributed by atoms with E-state index in [-0.39, 0.29) is 0 Å². The monoisotopic (exact) mass is 263 g/mol. The van der Waals surface area contributed by atoms with E-state index in [1.54, 1.807) is 0 Å². The number of nitrogens with one attached hydrogen (secondary N) is 1. The van der Waals surface area contributed by atoms with Crippen LogP contribution in [0.15, 0.2) is 18.3 Å². The summed E-state index contributed by atoms with van der Waals surface area (Å²) in [6, 6.07) is 4.53. The van der Waals surface area contributed by atoms with Crippen LogP contribution in [-0.4, -0.2) is 37.3 Å². The number of hydrogen-bond donors (Lipinski definition) is 1. The number of rotatable bonds is 7. The van der Waals surface area contributed by atoms with Crippen LogP contribution < -0.4 is 15.0 Å². The maximum atomic E-state index is 5.70. The van der Waals surface area contributed by atoms with Crippen molar-refractivity contribution < 1.29 is 4.74 Å². The average Bonchev–Trinajstić information content (AvgIpc) is 2.92. The number of ether oxygens (including phenoxy) is 1. The molecule has 1 aromatic rings. The van der Waals surface area contributed by atoms with Crippen LogP contribution in [0.3, 0.4) is 0 Å². The van der Waals surface area contributed by atoms with Gasteiger partial charge in [0.15, 0.2) is 11.6 Å². The number of pyridine rings is 1. The molecule has 1 saturated heterocycles. The lowest BCUT2D eigenvalue weighted by molar-refractivity contribution is 0.338. The Morgan fingerprint density at radius 1 is 1.47 bits per heavy atom. The number of hydrogen-bond acceptors (Lipinski definition) is 4. The molecule has 0 amide bonds. The maximum Gasteiger partial charge on any atom is 0.171 e. The van der Waals surface area contributed by atoms with Gasteiger partial charge in [-0.15, -0.1) is 0 Å². The van der Waals surface area contributed by atoms with E-state index in [9.17, 15) is 0 Å². The van der Waals surface area contributed by atoms with Crippen LogP contribution in [0, 0.1) is 0 Å². The van der Waals surface area contributed by atoms with E-state index in [1.807, 2.05) is 25.3 Å². The predicted molar refractivity (Wildman–Crippen MR) is 78.9 cm³/mol. The van der Waals surface area contributed by atoms with Gasteiger partial charge in [0, 0.05) is 25.3 Å². The molecule has 4 heteroatoms. The van der Waals surface area contributed by atoms with E-state index in [1.165, 1.54) is 12.8 Å². The topological polar surface area (TPSA) is 37.4 Å². The Labute approximate surface area is 116 Å². The molecule has 0 aromatic carbocycles. The van der Waals surface area contributed by atoms with E-state index in [0.29, 0.717) is 12.6 Å². The lowest BCUT2D eigenvalue weighted by atomic mass is 10.2. The van der Waals surface area contributed by atoms with Crippen molar-refractivity contribution in [2.75, 3.05) is 31.1 Å². The molecule has 0 aliphatic carbocycles. The van der Waals surface area contributed by atoms with Crippen molar-refractivity contribution in [1.29, 1.82) is 0 Å². The summed E-state index contributed by atoms with van der Waals surface area (Å²) in [5.41, 5.74) is 0. The summed E-state index contributed by atoms with van der Waals surface area (Å²) in [7, 11) is 0. The molecular weight excluding hydrogens is 238 g/mol. The van der Waals surface area contributed by atoms with Crippen LogP contribution in [0.1, 0.15) is 33.1 Å². The molecule has 1 unspecified atom stereocenters. The second kappa shape index (κ2) is 7.34. The van der Waals surface area contributed by atoms with Gasteiger partial charge in [-0.3, -0.25) is 0 Å². The second-order valence-electron chi connectivity index (χ2n) is 5.00. The quantitative estimate of drug-likeness (QED) is 0.820. The fraction of sp³-hybridized carbons (Fsp3) is 0.667. The van der Waals surface area contributed by atoms with Crippen molar-refractivity contribution in [3.8, 4) is 5.75 Å². The SMILES string of the molecule is CCCN(CC1CCCN1)c1ncccc1OCC. The van der Waals surface area contributed by atoms with Gasteiger partial charge in [0.25, 0.3) is 0 Å². The minimum Gasteiger partial charge on any atom is -0.490 e. The summed E-state index contributed by atoms with van der Waals surface area (Å²) < 4.78 is 5.70. The summed E-state index contributed by atoms with van der Waals surface area (Å²) in [5.74, 6) is 1.89. The molecule has 1 fully saturated rings. The minimum absolute atomic E-state index is 0.586. The van der Waals surface area contributed by atoms with Gasteiger partial charge in [-0.2, -0.15) is 0 Å².